The largest absolute Gasteiger partial charge is 0.438 e. The van der Waals surface area contributed by atoms with Crippen molar-refractivity contribution >= 4 is 34.8 Å². The number of carbonyl (C=O) groups excluding carboxylic acids is 1. The van der Waals surface area contributed by atoms with Crippen LogP contribution in [-0.2, 0) is 29.8 Å². The van der Waals surface area contributed by atoms with Crippen LogP contribution >= 0.6 is 23.2 Å². The van der Waals surface area contributed by atoms with Gasteiger partial charge in [-0.3, -0.25) is 9.78 Å². The maximum Gasteiger partial charge on any atom is 0.438 e. The third-order valence-electron chi connectivity index (χ3n) is 6.68. The first-order valence-electron chi connectivity index (χ1n) is 11.5. The Morgan fingerprint density at radius 3 is 2.47 bits per heavy atom. The Morgan fingerprint density at radius 1 is 1.11 bits per heavy atom. The molecule has 0 radical (unpaired) electrons. The van der Waals surface area contributed by atoms with Gasteiger partial charge in [0.25, 0.3) is 11.5 Å². The Balaban J connectivity index is 1.49. The smallest absolute Gasteiger partial charge is 0.371 e. The molecule has 2 aromatic carbocycles. The highest BCUT2D eigenvalue weighted by atomic mass is 35.5. The van der Waals surface area contributed by atoms with Crippen molar-refractivity contribution < 1.29 is 31.6 Å². The van der Waals surface area contributed by atoms with Crippen LogP contribution in [0.15, 0.2) is 53.8 Å². The molecule has 1 aromatic heterocycles. The van der Waals surface area contributed by atoms with Crippen LogP contribution in [0.5, 0.6) is 0 Å². The zero-order valence-electron chi connectivity index (χ0n) is 19.4. The Labute approximate surface area is 223 Å². The third kappa shape index (κ3) is 4.29. The molecule has 1 aliphatic carbocycles. The second-order valence-electron chi connectivity index (χ2n) is 8.89. The summed E-state index contributed by atoms with van der Waals surface area (Å²) < 4.78 is 73.0. The van der Waals surface area contributed by atoms with Crippen molar-refractivity contribution in [3.8, 4) is 0 Å². The fourth-order valence-electron chi connectivity index (χ4n) is 4.85. The van der Waals surface area contributed by atoms with E-state index in [9.17, 15) is 22.4 Å². The van der Waals surface area contributed by atoms with Crippen LogP contribution in [-0.4, -0.2) is 29.0 Å². The van der Waals surface area contributed by atoms with E-state index in [1.54, 1.807) is 24.4 Å². The van der Waals surface area contributed by atoms with Gasteiger partial charge < -0.3 is 10.2 Å². The van der Waals surface area contributed by atoms with Crippen LogP contribution in [0, 0.1) is 5.82 Å². The summed E-state index contributed by atoms with van der Waals surface area (Å²) in [5.41, 5.74) is -2.78. The predicted octanol–water partition coefficient (Wildman–Crippen LogP) is 6.48. The lowest BCUT2D eigenvalue weighted by atomic mass is 9.83. The average molecular weight is 570 g/mol. The lowest BCUT2D eigenvalue weighted by Gasteiger charge is -2.32. The van der Waals surface area contributed by atoms with Crippen molar-refractivity contribution in [2.45, 2.75) is 43.8 Å². The van der Waals surface area contributed by atoms with Crippen LogP contribution < -0.4 is 5.32 Å². The molecule has 0 spiro atoms. The number of amides is 1. The quantitative estimate of drug-likeness (QED) is 0.282. The Kier molecular flexibility index (Phi) is 6.81. The number of aromatic nitrogens is 1. The molecule has 1 amide bonds. The standard InChI is InChI=1S/C26H18Cl2F5N3O2/c27-19-10-13(11-20(28)21(19)29)25(26(31,32)33)23(30)22(36-38-25)17-7-8-18(16-6-3-5-15(16)17)24(37)35-12-14-4-1-2-9-34-14/h1-2,4,7-11,23H,3,5-6,12H2,(H,35,37). The molecule has 198 valence electrons. The summed E-state index contributed by atoms with van der Waals surface area (Å²) >= 11 is 11.4. The monoisotopic (exact) mass is 569 g/mol. The molecule has 0 fully saturated rings. The Morgan fingerprint density at radius 2 is 1.82 bits per heavy atom. The van der Waals surface area contributed by atoms with Gasteiger partial charge in [-0.25, -0.2) is 8.78 Å². The topological polar surface area (TPSA) is 63.6 Å². The predicted molar refractivity (Wildman–Crippen MR) is 131 cm³/mol. The fraction of sp³-hybridized carbons (Fsp3) is 0.269. The van der Waals surface area contributed by atoms with Crippen molar-refractivity contribution in [3.63, 3.8) is 0 Å². The number of rotatable bonds is 5. The maximum absolute atomic E-state index is 15.9. The summed E-state index contributed by atoms with van der Waals surface area (Å²) in [7, 11) is 0. The summed E-state index contributed by atoms with van der Waals surface area (Å²) in [4.78, 5) is 21.9. The number of oxime groups is 1. The van der Waals surface area contributed by atoms with E-state index in [0.717, 1.165) is 0 Å². The zero-order valence-corrected chi connectivity index (χ0v) is 20.9. The van der Waals surface area contributed by atoms with Gasteiger partial charge in [-0.15, -0.1) is 0 Å². The molecule has 1 aliphatic heterocycles. The number of fused-ring (bicyclic) bond motifs is 1. The van der Waals surface area contributed by atoms with Crippen molar-refractivity contribution in [1.29, 1.82) is 0 Å². The van der Waals surface area contributed by atoms with Crippen LogP contribution in [0.25, 0.3) is 0 Å². The maximum atomic E-state index is 15.9. The first-order chi connectivity index (χ1) is 18.0. The summed E-state index contributed by atoms with van der Waals surface area (Å²) in [6.07, 6.45) is -5.03. The molecule has 1 N–H and O–H groups in total. The third-order valence-corrected chi connectivity index (χ3v) is 7.23. The van der Waals surface area contributed by atoms with E-state index >= 15 is 4.39 Å². The number of alkyl halides is 4. The molecule has 0 bridgehead atoms. The lowest BCUT2D eigenvalue weighted by molar-refractivity contribution is -0.289. The van der Waals surface area contributed by atoms with Gasteiger partial charge in [0.2, 0.25) is 6.17 Å². The highest BCUT2D eigenvalue weighted by Crippen LogP contribution is 2.52. The van der Waals surface area contributed by atoms with Gasteiger partial charge in [-0.05, 0) is 60.7 Å². The summed E-state index contributed by atoms with van der Waals surface area (Å²) in [6.45, 7) is 0.181. The molecule has 2 aliphatic rings. The molecule has 2 atom stereocenters. The molecular weight excluding hydrogens is 552 g/mol. The van der Waals surface area contributed by atoms with E-state index in [1.807, 2.05) is 0 Å². The van der Waals surface area contributed by atoms with Crippen molar-refractivity contribution in [3.05, 3.63) is 98.0 Å². The van der Waals surface area contributed by atoms with Crippen LogP contribution in [0.3, 0.4) is 0 Å². The minimum absolute atomic E-state index is 0.108. The van der Waals surface area contributed by atoms with Crippen LogP contribution in [0.2, 0.25) is 10.0 Å². The molecule has 0 saturated heterocycles. The highest BCUT2D eigenvalue weighted by Gasteiger charge is 2.69. The number of hydrogen-bond acceptors (Lipinski definition) is 4. The van der Waals surface area contributed by atoms with Crippen molar-refractivity contribution in [2.24, 2.45) is 5.16 Å². The lowest BCUT2D eigenvalue weighted by Crippen LogP contribution is -2.51. The van der Waals surface area contributed by atoms with E-state index in [0.29, 0.717) is 53.8 Å². The molecule has 3 aromatic rings. The van der Waals surface area contributed by atoms with E-state index < -0.39 is 45.1 Å². The van der Waals surface area contributed by atoms with Gasteiger partial charge in [0.1, 0.15) is 5.71 Å². The minimum atomic E-state index is -5.31. The van der Waals surface area contributed by atoms with E-state index in [2.05, 4.69) is 15.5 Å². The number of carbonyl (C=O) groups is 1. The van der Waals surface area contributed by atoms with Gasteiger partial charge >= 0.3 is 6.18 Å². The molecular formula is C26H18Cl2F5N3O2. The van der Waals surface area contributed by atoms with E-state index in [1.165, 1.54) is 12.1 Å². The van der Waals surface area contributed by atoms with E-state index in [4.69, 9.17) is 28.0 Å². The normalized spacial score (nSPS) is 20.6. The first kappa shape index (κ1) is 26.4. The SMILES string of the molecule is O=C(NCc1ccccn1)c1ccc(C2=NOC(c3cc(Cl)c(F)c(Cl)c3)(C(F)(F)F)C2F)c2c1CCC2. The Bertz CT molecular complexity index is 1430. The number of hydrogen-bond donors (Lipinski definition) is 1. The molecule has 5 nitrogen and oxygen atoms in total. The fourth-order valence-corrected chi connectivity index (χ4v) is 5.33. The van der Waals surface area contributed by atoms with Gasteiger partial charge in [-0.1, -0.05) is 40.5 Å². The van der Waals surface area contributed by atoms with Gasteiger partial charge in [0, 0.05) is 22.9 Å². The zero-order chi connectivity index (χ0) is 27.2. The molecule has 12 heteroatoms. The molecule has 0 saturated carbocycles. The molecule has 2 heterocycles. The number of halogens is 7. The first-order valence-corrected chi connectivity index (χ1v) is 12.2. The van der Waals surface area contributed by atoms with Crippen LogP contribution in [0.4, 0.5) is 22.0 Å². The number of pyridine rings is 1. The summed E-state index contributed by atoms with van der Waals surface area (Å²) in [5.74, 6) is -1.53. The van der Waals surface area contributed by atoms with Crippen LogP contribution in [0.1, 0.15) is 44.7 Å². The van der Waals surface area contributed by atoms with Gasteiger partial charge in [-0.2, -0.15) is 13.2 Å². The average Bonchev–Trinajstić information content (AvgIpc) is 3.51. The molecule has 38 heavy (non-hydrogen) atoms. The Hall–Kier alpha value is -3.24. The van der Waals surface area contributed by atoms with Crippen molar-refractivity contribution in [2.75, 3.05) is 0 Å². The van der Waals surface area contributed by atoms with E-state index in [-0.39, 0.29) is 18.0 Å². The van der Waals surface area contributed by atoms with Crippen molar-refractivity contribution in [1.82, 2.24) is 10.3 Å². The minimum Gasteiger partial charge on any atom is -0.371 e. The second-order valence-corrected chi connectivity index (χ2v) is 9.71. The summed E-state index contributed by atoms with van der Waals surface area (Å²) in [6, 6.07) is 9.33. The van der Waals surface area contributed by atoms with Gasteiger partial charge in [0.05, 0.1) is 22.3 Å². The van der Waals surface area contributed by atoms with Gasteiger partial charge in [0.15, 0.2) is 5.82 Å². The number of benzene rings is 2. The molecule has 2 unspecified atom stereocenters. The second kappa shape index (κ2) is 9.81. The number of nitrogens with one attached hydrogen (secondary N) is 1. The highest BCUT2D eigenvalue weighted by molar-refractivity contribution is 6.35. The molecule has 5 rings (SSSR count). The summed E-state index contributed by atoms with van der Waals surface area (Å²) in [5, 5.41) is 4.86. The number of nitrogens with zero attached hydrogens (tertiary/aromatic N) is 2.